The third kappa shape index (κ3) is 2.50. The first-order valence-corrected chi connectivity index (χ1v) is 10.4. The number of hydrogen-bond acceptors (Lipinski definition) is 1. The molecule has 5 rings (SSSR count). The zero-order valence-electron chi connectivity index (χ0n) is 15.1. The molecule has 0 aliphatic rings. The summed E-state index contributed by atoms with van der Waals surface area (Å²) in [7, 11) is 0. The van der Waals surface area contributed by atoms with E-state index in [-0.39, 0.29) is 0 Å². The van der Waals surface area contributed by atoms with E-state index >= 15 is 0 Å². The monoisotopic (exact) mass is 354 g/mol. The number of thiophene rings is 1. The van der Waals surface area contributed by atoms with Crippen LogP contribution in [0.5, 0.6) is 0 Å². The van der Waals surface area contributed by atoms with E-state index in [9.17, 15) is 0 Å². The molecule has 0 saturated carbocycles. The van der Waals surface area contributed by atoms with Gasteiger partial charge in [0.25, 0.3) is 0 Å². The zero-order valence-corrected chi connectivity index (χ0v) is 15.9. The minimum atomic E-state index is 1.19. The molecule has 0 fully saturated rings. The van der Waals surface area contributed by atoms with Crippen molar-refractivity contribution < 1.29 is 0 Å². The van der Waals surface area contributed by atoms with Crippen molar-refractivity contribution in [2.24, 2.45) is 0 Å². The molecule has 0 saturated heterocycles. The molecule has 0 bridgehead atoms. The Labute approximate surface area is 158 Å². The van der Waals surface area contributed by atoms with Crippen molar-refractivity contribution in [2.45, 2.75) is 32.6 Å². The maximum atomic E-state index is 2.39. The Morgan fingerprint density at radius 1 is 0.692 bits per heavy atom. The quantitative estimate of drug-likeness (QED) is 0.226. The molecule has 0 amide bonds. The molecular weight excluding hydrogens is 332 g/mol. The van der Waals surface area contributed by atoms with Crippen LogP contribution in [-0.4, -0.2) is 0 Å². The second kappa shape index (κ2) is 6.41. The van der Waals surface area contributed by atoms with E-state index in [1.807, 2.05) is 11.3 Å². The summed E-state index contributed by atoms with van der Waals surface area (Å²) in [6.07, 6.45) is 5.08. The van der Waals surface area contributed by atoms with Crippen LogP contribution in [0.15, 0.2) is 66.7 Å². The Balaban J connectivity index is 1.71. The van der Waals surface area contributed by atoms with Gasteiger partial charge in [0.15, 0.2) is 0 Å². The second-order valence-electron chi connectivity index (χ2n) is 7.21. The Kier molecular flexibility index (Phi) is 3.90. The largest absolute Gasteiger partial charge is 0.135 e. The molecule has 1 aromatic heterocycles. The summed E-state index contributed by atoms with van der Waals surface area (Å²) in [5.74, 6) is 0. The summed E-state index contributed by atoms with van der Waals surface area (Å²) in [4.78, 5) is 0. The van der Waals surface area contributed by atoms with Crippen molar-refractivity contribution in [1.29, 1.82) is 0 Å². The summed E-state index contributed by atoms with van der Waals surface area (Å²) >= 11 is 1.92. The van der Waals surface area contributed by atoms with Gasteiger partial charge in [-0.1, -0.05) is 80.4 Å². The van der Waals surface area contributed by atoms with Gasteiger partial charge in [-0.25, -0.2) is 0 Å². The highest BCUT2D eigenvalue weighted by molar-refractivity contribution is 7.26. The first kappa shape index (κ1) is 15.8. The van der Waals surface area contributed by atoms with Crippen LogP contribution < -0.4 is 0 Å². The average molecular weight is 355 g/mol. The van der Waals surface area contributed by atoms with Crippen LogP contribution in [0, 0.1) is 0 Å². The number of benzene rings is 4. The lowest BCUT2D eigenvalue weighted by atomic mass is 9.97. The molecule has 1 heteroatoms. The molecule has 0 aliphatic carbocycles. The van der Waals surface area contributed by atoms with Gasteiger partial charge in [-0.15, -0.1) is 11.3 Å². The lowest BCUT2D eigenvalue weighted by Crippen LogP contribution is -1.86. The minimum absolute atomic E-state index is 1.19. The average Bonchev–Trinajstić information content (AvgIpc) is 3.07. The molecule has 0 spiro atoms. The van der Waals surface area contributed by atoms with Gasteiger partial charge in [-0.3, -0.25) is 0 Å². The summed E-state index contributed by atoms with van der Waals surface area (Å²) in [6.45, 7) is 2.27. The number of hydrogen-bond donors (Lipinski definition) is 0. The molecule has 5 aromatic rings. The molecule has 0 N–H and O–H groups in total. The van der Waals surface area contributed by atoms with Gasteiger partial charge in [0.1, 0.15) is 0 Å². The second-order valence-corrected chi connectivity index (χ2v) is 8.27. The van der Waals surface area contributed by atoms with Crippen LogP contribution >= 0.6 is 11.3 Å². The van der Waals surface area contributed by atoms with Crippen molar-refractivity contribution in [3.8, 4) is 0 Å². The fourth-order valence-corrected chi connectivity index (χ4v) is 5.34. The van der Waals surface area contributed by atoms with Crippen LogP contribution in [-0.2, 0) is 6.42 Å². The van der Waals surface area contributed by atoms with Crippen LogP contribution in [0.3, 0.4) is 0 Å². The lowest BCUT2D eigenvalue weighted by molar-refractivity contribution is 0.718. The van der Waals surface area contributed by atoms with E-state index in [1.165, 1.54) is 73.0 Å². The van der Waals surface area contributed by atoms with Gasteiger partial charge < -0.3 is 0 Å². The summed E-state index contributed by atoms with van der Waals surface area (Å²) in [5, 5.41) is 8.26. The Morgan fingerprint density at radius 2 is 1.46 bits per heavy atom. The predicted octanol–water partition coefficient (Wildman–Crippen LogP) is 8.09. The SMILES string of the molecule is CCCCCc1ccc2c(ccc3c2ccc2c4ccccc4sc23)c1. The van der Waals surface area contributed by atoms with Crippen molar-refractivity contribution in [3.63, 3.8) is 0 Å². The summed E-state index contributed by atoms with van der Waals surface area (Å²) in [5.41, 5.74) is 1.47. The number of rotatable bonds is 4. The highest BCUT2D eigenvalue weighted by atomic mass is 32.1. The third-order valence-corrected chi connectivity index (χ3v) is 6.71. The van der Waals surface area contributed by atoms with Crippen LogP contribution in [0.2, 0.25) is 0 Å². The molecule has 0 nitrogen and oxygen atoms in total. The smallest absolute Gasteiger partial charge is 0.0434 e. The van der Waals surface area contributed by atoms with Crippen molar-refractivity contribution in [3.05, 3.63) is 72.3 Å². The number of aryl methyl sites for hydroxylation is 1. The van der Waals surface area contributed by atoms with Gasteiger partial charge in [0.2, 0.25) is 0 Å². The molecule has 128 valence electrons. The lowest BCUT2D eigenvalue weighted by Gasteiger charge is -2.08. The van der Waals surface area contributed by atoms with Gasteiger partial charge in [-0.05, 0) is 40.6 Å². The van der Waals surface area contributed by atoms with Crippen molar-refractivity contribution >= 4 is 53.1 Å². The van der Waals surface area contributed by atoms with Crippen LogP contribution in [0.4, 0.5) is 0 Å². The van der Waals surface area contributed by atoms with E-state index in [2.05, 4.69) is 73.7 Å². The van der Waals surface area contributed by atoms with Gasteiger partial charge in [0.05, 0.1) is 0 Å². The maximum Gasteiger partial charge on any atom is 0.0434 e. The molecule has 1 heterocycles. The summed E-state index contributed by atoms with van der Waals surface area (Å²) < 4.78 is 2.79. The number of fused-ring (bicyclic) bond motifs is 7. The molecule has 0 atom stereocenters. The van der Waals surface area contributed by atoms with Gasteiger partial charge in [-0.2, -0.15) is 0 Å². The van der Waals surface area contributed by atoms with Gasteiger partial charge in [0, 0.05) is 25.6 Å². The third-order valence-electron chi connectivity index (χ3n) is 5.49. The zero-order chi connectivity index (χ0) is 17.5. The highest BCUT2D eigenvalue weighted by Gasteiger charge is 2.10. The van der Waals surface area contributed by atoms with E-state index in [0.29, 0.717) is 0 Å². The van der Waals surface area contributed by atoms with E-state index < -0.39 is 0 Å². The van der Waals surface area contributed by atoms with Gasteiger partial charge >= 0.3 is 0 Å². The molecule has 4 aromatic carbocycles. The molecule has 0 radical (unpaired) electrons. The summed E-state index contributed by atoms with van der Waals surface area (Å²) in [6, 6.07) is 25.1. The highest BCUT2D eigenvalue weighted by Crippen LogP contribution is 2.40. The molecule has 26 heavy (non-hydrogen) atoms. The standard InChI is InChI=1S/C25H22S/c1-2-3-4-7-17-10-12-19-18(16-17)11-13-22-20(19)14-15-23-21-8-5-6-9-24(21)26-25(22)23/h5-6,8-16H,2-4,7H2,1H3. The Hall–Kier alpha value is -2.38. The van der Waals surface area contributed by atoms with Crippen molar-refractivity contribution in [2.75, 3.05) is 0 Å². The fourth-order valence-electron chi connectivity index (χ4n) is 4.11. The predicted molar refractivity (Wildman–Crippen MR) is 118 cm³/mol. The van der Waals surface area contributed by atoms with E-state index in [1.54, 1.807) is 0 Å². The topological polar surface area (TPSA) is 0 Å². The molecular formula is C25H22S. The van der Waals surface area contributed by atoms with Crippen LogP contribution in [0.25, 0.3) is 41.7 Å². The fraction of sp³-hybridized carbons (Fsp3) is 0.200. The first-order chi connectivity index (χ1) is 12.8. The Bertz CT molecular complexity index is 1240. The minimum Gasteiger partial charge on any atom is -0.135 e. The van der Waals surface area contributed by atoms with Crippen LogP contribution in [0.1, 0.15) is 31.7 Å². The first-order valence-electron chi connectivity index (χ1n) is 9.61. The maximum absolute atomic E-state index is 2.39. The van der Waals surface area contributed by atoms with Crippen molar-refractivity contribution in [1.82, 2.24) is 0 Å². The number of unbranched alkanes of at least 4 members (excludes halogenated alkanes) is 2. The molecule has 0 unspecified atom stereocenters. The Morgan fingerprint density at radius 3 is 2.38 bits per heavy atom. The van der Waals surface area contributed by atoms with E-state index in [4.69, 9.17) is 0 Å². The normalized spacial score (nSPS) is 11.9. The molecule has 0 aliphatic heterocycles. The van der Waals surface area contributed by atoms with E-state index in [0.717, 1.165) is 0 Å².